The molecule has 1 amide bonds. The summed E-state index contributed by atoms with van der Waals surface area (Å²) in [4.78, 5) is 18.6. The molecule has 2 aliphatic rings. The van der Waals surface area contributed by atoms with Crippen molar-refractivity contribution in [3.05, 3.63) is 34.0 Å². The third-order valence-electron chi connectivity index (χ3n) is 4.56. The van der Waals surface area contributed by atoms with Gasteiger partial charge in [0.15, 0.2) is 0 Å². The number of amides is 1. The van der Waals surface area contributed by atoms with Crippen LogP contribution < -0.4 is 0 Å². The van der Waals surface area contributed by atoms with Gasteiger partial charge < -0.3 is 9.64 Å². The van der Waals surface area contributed by atoms with E-state index in [0.29, 0.717) is 25.4 Å². The van der Waals surface area contributed by atoms with Crippen molar-refractivity contribution < 1.29 is 9.53 Å². The van der Waals surface area contributed by atoms with Crippen molar-refractivity contribution in [2.75, 3.05) is 19.8 Å². The Hall–Kier alpha value is -1.73. The molecule has 0 radical (unpaired) electrons. The Bertz CT molecular complexity index is 693. The molecule has 122 valence electrons. The predicted molar refractivity (Wildman–Crippen MR) is 86.3 cm³/mol. The quantitative estimate of drug-likeness (QED) is 0.841. The Balaban J connectivity index is 1.51. The summed E-state index contributed by atoms with van der Waals surface area (Å²) in [6.07, 6.45) is 4.44. The van der Waals surface area contributed by atoms with Gasteiger partial charge in [0, 0.05) is 43.6 Å². The molecule has 1 aliphatic heterocycles. The Labute approximate surface area is 139 Å². The van der Waals surface area contributed by atoms with E-state index >= 15 is 0 Å². The predicted octanol–water partition coefficient (Wildman–Crippen LogP) is 2.04. The smallest absolute Gasteiger partial charge is 0.273 e. The van der Waals surface area contributed by atoms with E-state index in [1.54, 1.807) is 10.9 Å². The first kappa shape index (κ1) is 14.8. The van der Waals surface area contributed by atoms with Crippen LogP contribution in [0.3, 0.4) is 0 Å². The third kappa shape index (κ3) is 3.03. The van der Waals surface area contributed by atoms with Crippen LogP contribution in [0.4, 0.5) is 0 Å². The highest BCUT2D eigenvalue weighted by molar-refractivity contribution is 7.07. The fourth-order valence-electron chi connectivity index (χ4n) is 3.19. The summed E-state index contributed by atoms with van der Waals surface area (Å²) in [6, 6.07) is 0. The molecule has 1 fully saturated rings. The van der Waals surface area contributed by atoms with Crippen LogP contribution in [0.25, 0.3) is 0 Å². The van der Waals surface area contributed by atoms with Crippen molar-refractivity contribution in [1.82, 2.24) is 19.7 Å². The van der Waals surface area contributed by atoms with Crippen molar-refractivity contribution in [2.45, 2.75) is 25.3 Å². The van der Waals surface area contributed by atoms with Gasteiger partial charge in [0.2, 0.25) is 0 Å². The number of fused-ring (bicyclic) bond motifs is 1. The number of thiazole rings is 1. The van der Waals surface area contributed by atoms with Gasteiger partial charge in [-0.3, -0.25) is 9.48 Å². The molecule has 0 aromatic carbocycles. The van der Waals surface area contributed by atoms with Crippen LogP contribution in [0.15, 0.2) is 17.1 Å². The Morgan fingerprint density at radius 1 is 1.43 bits per heavy atom. The van der Waals surface area contributed by atoms with Gasteiger partial charge in [0.05, 0.1) is 24.0 Å². The number of ether oxygens (including phenoxy) is 1. The van der Waals surface area contributed by atoms with Gasteiger partial charge in [-0.05, 0) is 18.8 Å². The van der Waals surface area contributed by atoms with Gasteiger partial charge in [0.1, 0.15) is 5.69 Å². The van der Waals surface area contributed by atoms with E-state index in [-0.39, 0.29) is 11.8 Å². The molecule has 3 heterocycles. The Morgan fingerprint density at radius 2 is 2.30 bits per heavy atom. The molecule has 0 N–H and O–H groups in total. The molecule has 2 aromatic rings. The second kappa shape index (κ2) is 6.05. The second-order valence-corrected chi connectivity index (χ2v) is 7.13. The number of hydrogen-bond donors (Lipinski definition) is 0. The first-order valence-corrected chi connectivity index (χ1v) is 8.92. The summed E-state index contributed by atoms with van der Waals surface area (Å²) < 4.78 is 7.83. The second-order valence-electron chi connectivity index (χ2n) is 6.42. The maximum absolute atomic E-state index is 12.6. The van der Waals surface area contributed by atoms with Crippen LogP contribution in [-0.2, 0) is 18.3 Å². The van der Waals surface area contributed by atoms with Crippen LogP contribution >= 0.6 is 11.3 Å². The van der Waals surface area contributed by atoms with E-state index in [0.717, 1.165) is 18.1 Å². The summed E-state index contributed by atoms with van der Waals surface area (Å²) in [5.74, 6) is 0.915. The van der Waals surface area contributed by atoms with E-state index in [1.165, 1.54) is 29.9 Å². The number of carbonyl (C=O) groups is 1. The lowest BCUT2D eigenvalue weighted by Gasteiger charge is -2.32. The zero-order chi connectivity index (χ0) is 15.8. The van der Waals surface area contributed by atoms with E-state index in [1.807, 2.05) is 22.8 Å². The SMILES string of the molecule is Cn1ncc2c1[C@@H](COCC1CC1)CN(C(=O)c1cscn1)C2. The number of aromatic nitrogens is 3. The molecule has 1 atom stereocenters. The van der Waals surface area contributed by atoms with Gasteiger partial charge in [-0.1, -0.05) is 0 Å². The highest BCUT2D eigenvalue weighted by Crippen LogP contribution is 2.32. The lowest BCUT2D eigenvalue weighted by molar-refractivity contribution is 0.0617. The number of aryl methyl sites for hydroxylation is 1. The molecule has 0 bridgehead atoms. The summed E-state index contributed by atoms with van der Waals surface area (Å²) in [7, 11) is 1.96. The van der Waals surface area contributed by atoms with Crippen molar-refractivity contribution in [3.63, 3.8) is 0 Å². The molecule has 2 aromatic heterocycles. The fourth-order valence-corrected chi connectivity index (χ4v) is 3.72. The molecule has 1 saturated carbocycles. The molecule has 0 saturated heterocycles. The van der Waals surface area contributed by atoms with Gasteiger partial charge >= 0.3 is 0 Å². The van der Waals surface area contributed by atoms with Gasteiger partial charge in [-0.2, -0.15) is 5.10 Å². The minimum absolute atomic E-state index is 0.00653. The Morgan fingerprint density at radius 3 is 3.04 bits per heavy atom. The standard InChI is InChI=1S/C16H20N4O2S/c1-19-15-12(4-18-19)5-20(16(21)14-9-23-10-17-14)6-13(15)8-22-7-11-2-3-11/h4,9-11,13H,2-3,5-8H2,1H3/t13-/m1/s1. The minimum atomic E-state index is -0.00653. The maximum Gasteiger partial charge on any atom is 0.273 e. The van der Waals surface area contributed by atoms with E-state index in [2.05, 4.69) is 10.1 Å². The molecule has 7 heteroatoms. The molecule has 4 rings (SSSR count). The monoisotopic (exact) mass is 332 g/mol. The van der Waals surface area contributed by atoms with E-state index < -0.39 is 0 Å². The molecule has 0 spiro atoms. The molecule has 6 nitrogen and oxygen atoms in total. The van der Waals surface area contributed by atoms with Crippen LogP contribution in [-0.4, -0.2) is 45.3 Å². The number of hydrogen-bond acceptors (Lipinski definition) is 5. The zero-order valence-corrected chi connectivity index (χ0v) is 14.0. The Kier molecular flexibility index (Phi) is 3.90. The molecule has 1 aliphatic carbocycles. The average molecular weight is 332 g/mol. The van der Waals surface area contributed by atoms with E-state index in [4.69, 9.17) is 4.74 Å². The minimum Gasteiger partial charge on any atom is -0.380 e. The average Bonchev–Trinajstić information content (AvgIpc) is 3.07. The first-order chi connectivity index (χ1) is 11.2. The topological polar surface area (TPSA) is 60.2 Å². The van der Waals surface area contributed by atoms with Crippen LogP contribution in [0.2, 0.25) is 0 Å². The van der Waals surface area contributed by atoms with Gasteiger partial charge in [-0.15, -0.1) is 11.3 Å². The number of carbonyl (C=O) groups excluding carboxylic acids is 1. The zero-order valence-electron chi connectivity index (χ0n) is 13.1. The highest BCUT2D eigenvalue weighted by atomic mass is 32.1. The van der Waals surface area contributed by atoms with Gasteiger partial charge in [0.25, 0.3) is 5.91 Å². The van der Waals surface area contributed by atoms with Crippen molar-refractivity contribution in [3.8, 4) is 0 Å². The maximum atomic E-state index is 12.6. The normalized spacial score (nSPS) is 20.6. The largest absolute Gasteiger partial charge is 0.380 e. The van der Waals surface area contributed by atoms with E-state index in [9.17, 15) is 4.79 Å². The van der Waals surface area contributed by atoms with Crippen molar-refractivity contribution in [2.24, 2.45) is 13.0 Å². The van der Waals surface area contributed by atoms with Crippen molar-refractivity contribution >= 4 is 17.2 Å². The van der Waals surface area contributed by atoms with Crippen LogP contribution in [0, 0.1) is 5.92 Å². The first-order valence-electron chi connectivity index (χ1n) is 7.98. The summed E-state index contributed by atoms with van der Waals surface area (Å²) in [5.41, 5.74) is 4.54. The summed E-state index contributed by atoms with van der Waals surface area (Å²) in [5, 5.41) is 6.18. The lowest BCUT2D eigenvalue weighted by Crippen LogP contribution is -2.40. The molecule has 0 unspecified atom stereocenters. The highest BCUT2D eigenvalue weighted by Gasteiger charge is 2.32. The number of nitrogens with zero attached hydrogens (tertiary/aromatic N) is 4. The van der Waals surface area contributed by atoms with Crippen molar-refractivity contribution in [1.29, 1.82) is 0 Å². The molecular formula is C16H20N4O2S. The third-order valence-corrected chi connectivity index (χ3v) is 5.15. The van der Waals surface area contributed by atoms with Gasteiger partial charge in [-0.25, -0.2) is 4.98 Å². The summed E-state index contributed by atoms with van der Waals surface area (Å²) in [6.45, 7) is 2.74. The fraction of sp³-hybridized carbons (Fsp3) is 0.562. The molecular weight excluding hydrogens is 312 g/mol. The summed E-state index contributed by atoms with van der Waals surface area (Å²) >= 11 is 1.45. The van der Waals surface area contributed by atoms with Crippen LogP contribution in [0.1, 0.15) is 40.5 Å². The number of rotatable bonds is 5. The molecule has 23 heavy (non-hydrogen) atoms. The lowest BCUT2D eigenvalue weighted by atomic mass is 9.96. The van der Waals surface area contributed by atoms with Crippen LogP contribution in [0.5, 0.6) is 0 Å².